The van der Waals surface area contributed by atoms with Gasteiger partial charge in [0.1, 0.15) is 11.6 Å². The lowest BCUT2D eigenvalue weighted by Gasteiger charge is -2.08. The van der Waals surface area contributed by atoms with Gasteiger partial charge in [-0.3, -0.25) is 14.9 Å². The Morgan fingerprint density at radius 1 is 1.24 bits per heavy atom. The maximum Gasteiger partial charge on any atom is 0.269 e. The average Bonchev–Trinajstić information content (AvgIpc) is 2.63. The van der Waals surface area contributed by atoms with Crippen LogP contribution in [0.25, 0.3) is 0 Å². The molecule has 0 radical (unpaired) electrons. The Morgan fingerprint density at radius 2 is 1.92 bits per heavy atom. The minimum absolute atomic E-state index is 0.0770. The molecular formula is C18H16N4O3. The Kier molecular flexibility index (Phi) is 5.85. The number of benzene rings is 2. The molecule has 0 aliphatic carbocycles. The van der Waals surface area contributed by atoms with Crippen molar-refractivity contribution < 1.29 is 9.72 Å². The first kappa shape index (κ1) is 17.7. The number of amides is 1. The van der Waals surface area contributed by atoms with E-state index in [2.05, 4.69) is 10.6 Å². The fourth-order valence-electron chi connectivity index (χ4n) is 2.13. The molecule has 0 aromatic heterocycles. The third kappa shape index (κ3) is 4.65. The van der Waals surface area contributed by atoms with Crippen LogP contribution in [-0.2, 0) is 11.2 Å². The monoisotopic (exact) mass is 336 g/mol. The average molecular weight is 336 g/mol. The maximum atomic E-state index is 12.2. The molecule has 0 atom stereocenters. The van der Waals surface area contributed by atoms with Crippen LogP contribution in [-0.4, -0.2) is 10.8 Å². The third-order valence-electron chi connectivity index (χ3n) is 3.47. The number of non-ortho nitro benzene ring substituents is 1. The number of anilines is 2. The van der Waals surface area contributed by atoms with E-state index in [0.29, 0.717) is 5.69 Å². The minimum Gasteiger partial charge on any atom is -0.360 e. The van der Waals surface area contributed by atoms with E-state index in [-0.39, 0.29) is 11.3 Å². The van der Waals surface area contributed by atoms with Gasteiger partial charge in [-0.2, -0.15) is 5.26 Å². The van der Waals surface area contributed by atoms with E-state index in [9.17, 15) is 20.2 Å². The number of hydrogen-bond donors (Lipinski definition) is 2. The summed E-state index contributed by atoms with van der Waals surface area (Å²) in [4.78, 5) is 22.3. The lowest BCUT2D eigenvalue weighted by molar-refractivity contribution is -0.384. The van der Waals surface area contributed by atoms with Gasteiger partial charge in [-0.1, -0.05) is 25.1 Å². The number of nitrogens with one attached hydrogen (secondary N) is 2. The zero-order valence-electron chi connectivity index (χ0n) is 13.5. The van der Waals surface area contributed by atoms with Gasteiger partial charge in [0.15, 0.2) is 0 Å². The maximum absolute atomic E-state index is 12.2. The molecule has 2 N–H and O–H groups in total. The number of nitro benzene ring substituents is 1. The second-order valence-corrected chi connectivity index (χ2v) is 5.08. The summed E-state index contributed by atoms with van der Waals surface area (Å²) >= 11 is 0. The van der Waals surface area contributed by atoms with Gasteiger partial charge in [0.25, 0.3) is 11.6 Å². The van der Waals surface area contributed by atoms with Crippen LogP contribution in [0.4, 0.5) is 17.1 Å². The molecular weight excluding hydrogens is 320 g/mol. The van der Waals surface area contributed by atoms with Crippen LogP contribution in [0.1, 0.15) is 12.5 Å². The normalized spacial score (nSPS) is 10.6. The van der Waals surface area contributed by atoms with Crippen molar-refractivity contribution in [1.29, 1.82) is 5.26 Å². The molecule has 0 saturated heterocycles. The number of carbonyl (C=O) groups excluding carboxylic acids is 1. The van der Waals surface area contributed by atoms with E-state index in [0.717, 1.165) is 17.7 Å². The van der Waals surface area contributed by atoms with Crippen molar-refractivity contribution in [2.75, 3.05) is 10.6 Å². The van der Waals surface area contributed by atoms with Gasteiger partial charge < -0.3 is 10.6 Å². The summed E-state index contributed by atoms with van der Waals surface area (Å²) in [6.07, 6.45) is 2.16. The number of carbonyl (C=O) groups is 1. The number of aryl methyl sites for hydroxylation is 1. The largest absolute Gasteiger partial charge is 0.360 e. The highest BCUT2D eigenvalue weighted by Crippen LogP contribution is 2.17. The number of nitrogens with zero attached hydrogens (tertiary/aromatic N) is 2. The van der Waals surface area contributed by atoms with Gasteiger partial charge in [-0.25, -0.2) is 0 Å². The highest BCUT2D eigenvalue weighted by molar-refractivity contribution is 6.06. The first-order chi connectivity index (χ1) is 12.0. The second kappa shape index (κ2) is 8.26. The Balaban J connectivity index is 2.10. The van der Waals surface area contributed by atoms with E-state index in [1.807, 2.05) is 37.3 Å². The Morgan fingerprint density at radius 3 is 2.52 bits per heavy atom. The van der Waals surface area contributed by atoms with Crippen molar-refractivity contribution in [1.82, 2.24) is 0 Å². The summed E-state index contributed by atoms with van der Waals surface area (Å²) in [6.45, 7) is 2.01. The third-order valence-corrected chi connectivity index (χ3v) is 3.47. The first-order valence-corrected chi connectivity index (χ1v) is 7.55. The SMILES string of the molecule is CCc1ccccc1N/C=C(/C#N)C(=O)Nc1ccc([N+](=O)[O-])cc1. The van der Waals surface area contributed by atoms with Crippen LogP contribution < -0.4 is 10.6 Å². The van der Waals surface area contributed by atoms with Gasteiger partial charge in [0.2, 0.25) is 0 Å². The van der Waals surface area contributed by atoms with Crippen LogP contribution in [0.5, 0.6) is 0 Å². The molecule has 25 heavy (non-hydrogen) atoms. The highest BCUT2D eigenvalue weighted by Gasteiger charge is 2.11. The smallest absolute Gasteiger partial charge is 0.269 e. The van der Waals surface area contributed by atoms with E-state index in [1.165, 1.54) is 30.5 Å². The summed E-state index contributed by atoms with van der Waals surface area (Å²) in [6, 6.07) is 14.8. The lowest BCUT2D eigenvalue weighted by Crippen LogP contribution is -2.14. The molecule has 7 heteroatoms. The number of nitriles is 1. The lowest BCUT2D eigenvalue weighted by atomic mass is 10.1. The number of rotatable bonds is 6. The van der Waals surface area contributed by atoms with Gasteiger partial charge in [0.05, 0.1) is 4.92 Å². The van der Waals surface area contributed by atoms with E-state index < -0.39 is 10.8 Å². The molecule has 0 spiro atoms. The fraction of sp³-hybridized carbons (Fsp3) is 0.111. The quantitative estimate of drug-likeness (QED) is 0.362. The second-order valence-electron chi connectivity index (χ2n) is 5.08. The molecule has 0 aliphatic heterocycles. The van der Waals surface area contributed by atoms with Gasteiger partial charge >= 0.3 is 0 Å². The molecule has 2 aromatic carbocycles. The molecule has 0 aliphatic rings. The minimum atomic E-state index is -0.599. The van der Waals surface area contributed by atoms with Gasteiger partial charge in [0, 0.05) is 29.7 Å². The van der Waals surface area contributed by atoms with Crippen molar-refractivity contribution in [2.24, 2.45) is 0 Å². The molecule has 2 rings (SSSR count). The molecule has 0 bridgehead atoms. The Labute approximate surface area is 144 Å². The number of para-hydroxylation sites is 1. The summed E-state index contributed by atoms with van der Waals surface area (Å²) in [5.74, 6) is -0.599. The molecule has 2 aromatic rings. The van der Waals surface area contributed by atoms with Crippen LogP contribution >= 0.6 is 0 Å². The van der Waals surface area contributed by atoms with Crippen LogP contribution in [0, 0.1) is 21.4 Å². The predicted molar refractivity (Wildman–Crippen MR) is 94.9 cm³/mol. The summed E-state index contributed by atoms with van der Waals surface area (Å²) in [7, 11) is 0. The molecule has 0 unspecified atom stereocenters. The van der Waals surface area contributed by atoms with Crippen LogP contribution in [0.2, 0.25) is 0 Å². The summed E-state index contributed by atoms with van der Waals surface area (Å²) < 4.78 is 0. The molecule has 126 valence electrons. The predicted octanol–water partition coefficient (Wildman–Crippen LogP) is 3.62. The van der Waals surface area contributed by atoms with E-state index in [1.54, 1.807) is 0 Å². The summed E-state index contributed by atoms with van der Waals surface area (Å²) in [5, 5.41) is 25.3. The van der Waals surface area contributed by atoms with Crippen molar-refractivity contribution in [2.45, 2.75) is 13.3 Å². The van der Waals surface area contributed by atoms with Crippen LogP contribution in [0.15, 0.2) is 60.3 Å². The topological polar surface area (TPSA) is 108 Å². The van der Waals surface area contributed by atoms with E-state index >= 15 is 0 Å². The Bertz CT molecular complexity index is 851. The number of hydrogen-bond acceptors (Lipinski definition) is 5. The van der Waals surface area contributed by atoms with Crippen molar-refractivity contribution in [3.05, 3.63) is 76.0 Å². The van der Waals surface area contributed by atoms with Crippen molar-refractivity contribution in [3.8, 4) is 6.07 Å². The molecule has 0 fully saturated rings. The van der Waals surface area contributed by atoms with Crippen molar-refractivity contribution in [3.63, 3.8) is 0 Å². The standard InChI is InChI=1S/C18H16N4O3/c1-2-13-5-3-4-6-17(13)20-12-14(11-19)18(23)21-15-7-9-16(10-8-15)22(24)25/h3-10,12,20H,2H2,1H3,(H,21,23)/b14-12-. The molecule has 7 nitrogen and oxygen atoms in total. The highest BCUT2D eigenvalue weighted by atomic mass is 16.6. The van der Waals surface area contributed by atoms with E-state index in [4.69, 9.17) is 0 Å². The van der Waals surface area contributed by atoms with Gasteiger partial charge in [-0.15, -0.1) is 0 Å². The zero-order chi connectivity index (χ0) is 18.2. The fourth-order valence-corrected chi connectivity index (χ4v) is 2.13. The Hall–Kier alpha value is -3.66. The molecule has 0 heterocycles. The number of nitro groups is 1. The summed E-state index contributed by atoms with van der Waals surface area (Å²) in [5.41, 5.74) is 2.06. The van der Waals surface area contributed by atoms with Crippen LogP contribution in [0.3, 0.4) is 0 Å². The zero-order valence-corrected chi connectivity index (χ0v) is 13.5. The van der Waals surface area contributed by atoms with Crippen molar-refractivity contribution >= 4 is 23.0 Å². The van der Waals surface area contributed by atoms with Gasteiger partial charge in [-0.05, 0) is 30.2 Å². The molecule has 0 saturated carbocycles. The first-order valence-electron chi connectivity index (χ1n) is 7.55. The molecule has 1 amide bonds.